The third-order valence-corrected chi connectivity index (χ3v) is 6.99. The molecule has 11 heteroatoms. The van der Waals surface area contributed by atoms with Crippen LogP contribution in [0.15, 0.2) is 35.2 Å². The lowest BCUT2D eigenvalue weighted by Gasteiger charge is -2.25. The molecule has 2 N–H and O–H groups in total. The van der Waals surface area contributed by atoms with Crippen LogP contribution in [0.4, 0.5) is 11.4 Å². The maximum absolute atomic E-state index is 12.2. The first-order valence-corrected chi connectivity index (χ1v) is 12.5. The van der Waals surface area contributed by atoms with Crippen LogP contribution in [0.3, 0.4) is 0 Å². The summed E-state index contributed by atoms with van der Waals surface area (Å²) in [6.07, 6.45) is 2.85. The van der Waals surface area contributed by atoms with Gasteiger partial charge in [0.1, 0.15) is 22.7 Å². The number of ether oxygens (including phenoxy) is 1. The third kappa shape index (κ3) is 4.22. The van der Waals surface area contributed by atoms with Gasteiger partial charge >= 0.3 is 0 Å². The molecule has 34 heavy (non-hydrogen) atoms. The van der Waals surface area contributed by atoms with Crippen molar-refractivity contribution in [1.29, 1.82) is 0 Å². The van der Waals surface area contributed by atoms with Crippen molar-refractivity contribution in [1.82, 2.24) is 24.3 Å². The van der Waals surface area contributed by atoms with Crippen molar-refractivity contribution in [2.24, 2.45) is 7.05 Å². The molecule has 178 valence electrons. The number of pyridine rings is 1. The molecule has 0 amide bonds. The van der Waals surface area contributed by atoms with E-state index in [4.69, 9.17) is 21.3 Å². The highest BCUT2D eigenvalue weighted by molar-refractivity contribution is 7.79. The van der Waals surface area contributed by atoms with Gasteiger partial charge in [-0.05, 0) is 51.3 Å². The fourth-order valence-corrected chi connectivity index (χ4v) is 5.01. The highest BCUT2D eigenvalue weighted by atomic mass is 35.5. The highest BCUT2D eigenvalue weighted by Crippen LogP contribution is 2.35. The number of nitrogens with zero attached hydrogens (tertiary/aromatic N) is 5. The number of halogens is 1. The quantitative estimate of drug-likeness (QED) is 0.289. The van der Waals surface area contributed by atoms with Crippen LogP contribution in [0.25, 0.3) is 22.4 Å². The maximum atomic E-state index is 12.2. The molecule has 1 aromatic carbocycles. The third-order valence-electron chi connectivity index (χ3n) is 6.09. The topological polar surface area (TPSA) is 107 Å². The van der Waals surface area contributed by atoms with E-state index in [-0.39, 0.29) is 11.1 Å². The second-order valence-corrected chi connectivity index (χ2v) is 9.72. The molecule has 0 saturated carbocycles. The number of anilines is 2. The minimum atomic E-state index is -2.23. The number of nitrogens with one attached hydrogen (secondary N) is 1. The van der Waals surface area contributed by atoms with Crippen molar-refractivity contribution in [2.45, 2.75) is 44.2 Å². The van der Waals surface area contributed by atoms with Gasteiger partial charge in [-0.3, -0.25) is 9.25 Å². The van der Waals surface area contributed by atoms with Gasteiger partial charge in [0.15, 0.2) is 16.7 Å². The second kappa shape index (κ2) is 9.10. The molecule has 9 nitrogen and oxygen atoms in total. The van der Waals surface area contributed by atoms with Gasteiger partial charge in [0.05, 0.1) is 22.0 Å². The molecule has 5 rings (SSSR count). The Kier molecular flexibility index (Phi) is 6.15. The zero-order chi connectivity index (χ0) is 24.0. The van der Waals surface area contributed by atoms with Crippen LogP contribution in [0.1, 0.15) is 37.0 Å². The summed E-state index contributed by atoms with van der Waals surface area (Å²) < 4.78 is 32.0. The Morgan fingerprint density at radius 1 is 1.18 bits per heavy atom. The van der Waals surface area contributed by atoms with E-state index in [1.165, 1.54) is 0 Å². The van der Waals surface area contributed by atoms with E-state index in [9.17, 15) is 8.76 Å². The molecular weight excluding hydrogens is 476 g/mol. The van der Waals surface area contributed by atoms with Crippen LogP contribution in [-0.4, -0.2) is 39.7 Å². The molecule has 2 atom stereocenters. The molecule has 1 aliphatic rings. The van der Waals surface area contributed by atoms with Gasteiger partial charge in [-0.1, -0.05) is 17.7 Å². The molecule has 0 radical (unpaired) electrons. The Morgan fingerprint density at radius 3 is 2.68 bits per heavy atom. The monoisotopic (exact) mass is 500 g/mol. The van der Waals surface area contributed by atoms with Crippen LogP contribution in [-0.2, 0) is 22.9 Å². The van der Waals surface area contributed by atoms with Crippen molar-refractivity contribution in [3.05, 3.63) is 47.0 Å². The first-order valence-electron chi connectivity index (χ1n) is 11.0. The summed E-state index contributed by atoms with van der Waals surface area (Å²) in [7, 11) is 1.86. The number of hydrogen-bond donors (Lipinski definition) is 2. The zero-order valence-electron chi connectivity index (χ0n) is 19.1. The average Bonchev–Trinajstić information content (AvgIpc) is 3.32. The van der Waals surface area contributed by atoms with Crippen molar-refractivity contribution in [3.63, 3.8) is 0 Å². The normalized spacial score (nSPS) is 17.3. The lowest BCUT2D eigenvalue weighted by molar-refractivity contribution is -0.0309. The Balaban J connectivity index is 1.57. The van der Waals surface area contributed by atoms with E-state index >= 15 is 0 Å². The molecule has 1 fully saturated rings. The lowest BCUT2D eigenvalue weighted by atomic mass is 10.1. The van der Waals surface area contributed by atoms with Gasteiger partial charge in [-0.2, -0.15) is 5.10 Å². The Morgan fingerprint density at radius 2 is 2.00 bits per heavy atom. The summed E-state index contributed by atoms with van der Waals surface area (Å²) in [5.74, 6) is 0.770. The summed E-state index contributed by atoms with van der Waals surface area (Å²) in [6.45, 7) is 4.56. The summed E-state index contributed by atoms with van der Waals surface area (Å²) in [6, 6.07) is 8.89. The molecule has 0 aliphatic carbocycles. The number of benzene rings is 1. The van der Waals surface area contributed by atoms with Gasteiger partial charge in [-0.15, -0.1) is 0 Å². The summed E-state index contributed by atoms with van der Waals surface area (Å²) in [5, 5.41) is 8.02. The first kappa shape index (κ1) is 23.0. The lowest BCUT2D eigenvalue weighted by Crippen LogP contribution is -2.19. The number of hydrogen-bond acceptors (Lipinski definition) is 6. The Bertz CT molecular complexity index is 1390. The number of imidazole rings is 1. The maximum Gasteiger partial charge on any atom is 0.188 e. The van der Waals surface area contributed by atoms with E-state index in [1.54, 1.807) is 22.9 Å². The summed E-state index contributed by atoms with van der Waals surface area (Å²) in [4.78, 5) is 9.48. The van der Waals surface area contributed by atoms with Crippen LogP contribution in [0.5, 0.6) is 0 Å². The smallest absolute Gasteiger partial charge is 0.188 e. The van der Waals surface area contributed by atoms with Crippen molar-refractivity contribution in [3.8, 4) is 11.3 Å². The van der Waals surface area contributed by atoms with E-state index < -0.39 is 11.1 Å². The average molecular weight is 501 g/mol. The van der Waals surface area contributed by atoms with E-state index in [1.807, 2.05) is 37.6 Å². The zero-order valence-corrected chi connectivity index (χ0v) is 20.7. The van der Waals surface area contributed by atoms with Crippen LogP contribution < -0.4 is 5.32 Å². The van der Waals surface area contributed by atoms with Gasteiger partial charge in [-0.25, -0.2) is 14.2 Å². The van der Waals surface area contributed by atoms with E-state index in [0.29, 0.717) is 34.3 Å². The second-order valence-electron chi connectivity index (χ2n) is 8.39. The predicted octanol–water partition coefficient (Wildman–Crippen LogP) is 5.13. The SMILES string of the molecule is Cc1cc(-c2ccc(Nc3cc(Cl)nc4c3nc(C)n4C3CCCCO3)c(S(=O)O)c2)nn1C. The Labute approximate surface area is 204 Å². The minimum Gasteiger partial charge on any atom is -0.358 e. The van der Waals surface area contributed by atoms with Crippen LogP contribution >= 0.6 is 11.6 Å². The molecule has 4 heterocycles. The van der Waals surface area contributed by atoms with Gasteiger partial charge < -0.3 is 14.6 Å². The number of aryl methyl sites for hydroxylation is 3. The van der Waals surface area contributed by atoms with E-state index in [2.05, 4.69) is 15.4 Å². The summed E-state index contributed by atoms with van der Waals surface area (Å²) >= 11 is 4.15. The van der Waals surface area contributed by atoms with Crippen molar-refractivity contribution >= 4 is 45.2 Å². The molecule has 2 unspecified atom stereocenters. The van der Waals surface area contributed by atoms with E-state index in [0.717, 1.165) is 42.0 Å². The molecule has 1 aliphatic heterocycles. The fourth-order valence-electron chi connectivity index (χ4n) is 4.29. The van der Waals surface area contributed by atoms with Gasteiger partial charge in [0.2, 0.25) is 0 Å². The predicted molar refractivity (Wildman–Crippen MR) is 132 cm³/mol. The molecule has 4 aromatic rings. The van der Waals surface area contributed by atoms with Gasteiger partial charge in [0.25, 0.3) is 0 Å². The largest absolute Gasteiger partial charge is 0.358 e. The molecule has 0 spiro atoms. The molecular formula is C23H25ClN6O3S. The van der Waals surface area contributed by atoms with Crippen molar-refractivity contribution in [2.75, 3.05) is 11.9 Å². The number of aromatic nitrogens is 5. The Hall–Kier alpha value is -2.79. The first-order chi connectivity index (χ1) is 16.3. The number of fused-ring (bicyclic) bond motifs is 1. The molecule has 3 aromatic heterocycles. The highest BCUT2D eigenvalue weighted by Gasteiger charge is 2.24. The van der Waals surface area contributed by atoms with Gasteiger partial charge in [0, 0.05) is 31.0 Å². The standard InChI is InChI=1S/C23H25ClN6O3S/c1-13-10-17(28-29(13)3)15-7-8-16(19(11-15)34(31)32)26-18-12-20(24)27-23-22(18)25-14(2)30(23)21-6-4-5-9-33-21/h7-8,10-12,21H,4-6,9H2,1-3H3,(H,26,27)(H,31,32). The van der Waals surface area contributed by atoms with Crippen molar-refractivity contribution < 1.29 is 13.5 Å². The summed E-state index contributed by atoms with van der Waals surface area (Å²) in [5.41, 5.74) is 4.78. The van der Waals surface area contributed by atoms with Crippen LogP contribution in [0.2, 0.25) is 5.15 Å². The van der Waals surface area contributed by atoms with Crippen LogP contribution in [0, 0.1) is 13.8 Å². The minimum absolute atomic E-state index is 0.140. The molecule has 1 saturated heterocycles. The number of rotatable bonds is 5. The molecule has 0 bridgehead atoms. The fraction of sp³-hybridized carbons (Fsp3) is 0.348.